The van der Waals surface area contributed by atoms with Crippen molar-refractivity contribution in [3.63, 3.8) is 0 Å². The lowest BCUT2D eigenvalue weighted by Crippen LogP contribution is -2.38. The fraction of sp³-hybridized carbons (Fsp3) is 0.474. The molecule has 2 heterocycles. The Morgan fingerprint density at radius 1 is 1.22 bits per heavy atom. The van der Waals surface area contributed by atoms with Gasteiger partial charge in [0, 0.05) is 30.8 Å². The summed E-state index contributed by atoms with van der Waals surface area (Å²) in [6.07, 6.45) is 7.63. The molecule has 4 nitrogen and oxygen atoms in total. The minimum Gasteiger partial charge on any atom is -0.349 e. The molecule has 1 N–H and O–H groups in total. The van der Waals surface area contributed by atoms with Crippen LogP contribution in [-0.4, -0.2) is 15.5 Å². The van der Waals surface area contributed by atoms with Crippen molar-refractivity contribution in [1.82, 2.24) is 14.9 Å². The van der Waals surface area contributed by atoms with Gasteiger partial charge in [0.1, 0.15) is 0 Å². The first kappa shape index (κ1) is 14.5. The summed E-state index contributed by atoms with van der Waals surface area (Å²) in [6, 6.07) is 8.72. The van der Waals surface area contributed by atoms with Crippen LogP contribution >= 0.6 is 0 Å². The first-order valence-electron chi connectivity index (χ1n) is 8.60. The summed E-state index contributed by atoms with van der Waals surface area (Å²) < 4.78 is 2.15. The van der Waals surface area contributed by atoms with Crippen LogP contribution in [0, 0.1) is 5.92 Å². The Balaban J connectivity index is 1.49. The molecule has 0 saturated heterocycles. The number of nitrogens with one attached hydrogen (secondary N) is 1. The van der Waals surface area contributed by atoms with E-state index in [0.29, 0.717) is 5.92 Å². The smallest absolute Gasteiger partial charge is 0.224 e. The fourth-order valence-corrected chi connectivity index (χ4v) is 4.04. The quantitative estimate of drug-likeness (QED) is 0.926. The number of aryl methyl sites for hydroxylation is 1. The summed E-state index contributed by atoms with van der Waals surface area (Å²) in [5, 5.41) is 3.32. The number of hydrogen-bond donors (Lipinski definition) is 1. The third-order valence-corrected chi connectivity index (χ3v) is 5.45. The van der Waals surface area contributed by atoms with Crippen molar-refractivity contribution in [2.75, 3.05) is 0 Å². The number of fused-ring (bicyclic) bond motifs is 2. The maximum atomic E-state index is 12.7. The van der Waals surface area contributed by atoms with Gasteiger partial charge in [-0.1, -0.05) is 31.2 Å². The lowest BCUT2D eigenvalue weighted by molar-refractivity contribution is -0.126. The summed E-state index contributed by atoms with van der Waals surface area (Å²) in [5.41, 5.74) is 3.88. The molecule has 3 unspecified atom stereocenters. The Labute approximate surface area is 136 Å². The molecule has 1 aromatic carbocycles. The molecule has 23 heavy (non-hydrogen) atoms. The number of nitrogens with zero attached hydrogens (tertiary/aromatic N) is 2. The second-order valence-electron chi connectivity index (χ2n) is 6.94. The van der Waals surface area contributed by atoms with Crippen LogP contribution in [-0.2, 0) is 17.8 Å². The Bertz CT molecular complexity index is 721. The number of hydrogen-bond acceptors (Lipinski definition) is 2. The summed E-state index contributed by atoms with van der Waals surface area (Å²) >= 11 is 0. The molecule has 120 valence electrons. The molecule has 1 aliphatic heterocycles. The highest BCUT2D eigenvalue weighted by Gasteiger charge is 2.29. The van der Waals surface area contributed by atoms with Crippen molar-refractivity contribution in [1.29, 1.82) is 0 Å². The number of amides is 1. The van der Waals surface area contributed by atoms with Crippen LogP contribution in [0.4, 0.5) is 0 Å². The molecular formula is C19H23N3O. The summed E-state index contributed by atoms with van der Waals surface area (Å²) in [7, 11) is 0. The van der Waals surface area contributed by atoms with Gasteiger partial charge in [0.05, 0.1) is 12.4 Å². The highest BCUT2D eigenvalue weighted by Crippen LogP contribution is 2.37. The van der Waals surface area contributed by atoms with E-state index >= 15 is 0 Å². The van der Waals surface area contributed by atoms with E-state index in [1.807, 2.05) is 12.5 Å². The molecule has 0 radical (unpaired) electrons. The van der Waals surface area contributed by atoms with Crippen molar-refractivity contribution >= 4 is 5.91 Å². The van der Waals surface area contributed by atoms with Gasteiger partial charge in [-0.25, -0.2) is 4.98 Å². The van der Waals surface area contributed by atoms with Crippen molar-refractivity contribution < 1.29 is 4.79 Å². The Kier molecular flexibility index (Phi) is 3.68. The van der Waals surface area contributed by atoms with Crippen molar-refractivity contribution in [3.8, 4) is 0 Å². The number of imidazole rings is 1. The zero-order chi connectivity index (χ0) is 15.8. The third-order valence-electron chi connectivity index (χ3n) is 5.45. The van der Waals surface area contributed by atoms with Gasteiger partial charge < -0.3 is 9.88 Å². The van der Waals surface area contributed by atoms with Crippen LogP contribution < -0.4 is 5.32 Å². The average molecular weight is 309 g/mol. The van der Waals surface area contributed by atoms with Gasteiger partial charge in [-0.2, -0.15) is 0 Å². The zero-order valence-electron chi connectivity index (χ0n) is 13.5. The lowest BCUT2D eigenvalue weighted by Gasteiger charge is -2.32. The van der Waals surface area contributed by atoms with E-state index in [1.165, 1.54) is 16.8 Å². The van der Waals surface area contributed by atoms with E-state index in [1.54, 1.807) is 0 Å². The number of carbonyl (C=O) groups excluding carboxylic acids is 1. The monoisotopic (exact) mass is 309 g/mol. The topological polar surface area (TPSA) is 46.9 Å². The molecule has 1 aromatic heterocycles. The predicted molar refractivity (Wildman–Crippen MR) is 89.0 cm³/mol. The molecule has 0 saturated carbocycles. The van der Waals surface area contributed by atoms with Gasteiger partial charge in [-0.3, -0.25) is 4.79 Å². The molecular weight excluding hydrogens is 286 g/mol. The minimum atomic E-state index is 0.0747. The van der Waals surface area contributed by atoms with Crippen LogP contribution in [0.3, 0.4) is 0 Å². The van der Waals surface area contributed by atoms with Crippen LogP contribution in [0.2, 0.25) is 0 Å². The molecule has 2 aromatic rings. The predicted octanol–water partition coefficient (Wildman–Crippen LogP) is 3.20. The highest BCUT2D eigenvalue weighted by atomic mass is 16.1. The minimum absolute atomic E-state index is 0.0747. The van der Waals surface area contributed by atoms with Gasteiger partial charge in [-0.15, -0.1) is 0 Å². The molecule has 3 atom stereocenters. The molecule has 4 heteroatoms. The second-order valence-corrected chi connectivity index (χ2v) is 6.94. The summed E-state index contributed by atoms with van der Waals surface area (Å²) in [5.74, 6) is 0.862. The molecule has 1 amide bonds. The van der Waals surface area contributed by atoms with E-state index in [4.69, 9.17) is 0 Å². The van der Waals surface area contributed by atoms with Crippen molar-refractivity contribution in [3.05, 3.63) is 53.6 Å². The van der Waals surface area contributed by atoms with Crippen LogP contribution in [0.5, 0.6) is 0 Å². The van der Waals surface area contributed by atoms with E-state index in [-0.39, 0.29) is 17.9 Å². The molecule has 2 aliphatic rings. The lowest BCUT2D eigenvalue weighted by atomic mass is 9.81. The Hall–Kier alpha value is -2.10. The molecule has 4 rings (SSSR count). The third kappa shape index (κ3) is 2.67. The SMILES string of the molecule is CC1CCC(NC(=O)C2CCn3cncc3C2)c2ccccc21. The van der Waals surface area contributed by atoms with Crippen molar-refractivity contribution in [2.24, 2.45) is 5.92 Å². The van der Waals surface area contributed by atoms with Crippen LogP contribution in [0.25, 0.3) is 0 Å². The number of carbonyl (C=O) groups is 1. The van der Waals surface area contributed by atoms with Crippen LogP contribution in [0.1, 0.15) is 55.0 Å². The summed E-state index contributed by atoms with van der Waals surface area (Å²) in [6.45, 7) is 3.17. The first-order chi connectivity index (χ1) is 11.2. The molecule has 0 bridgehead atoms. The highest BCUT2D eigenvalue weighted by molar-refractivity contribution is 5.79. The van der Waals surface area contributed by atoms with Crippen molar-refractivity contribution in [2.45, 2.75) is 51.1 Å². The Morgan fingerprint density at radius 3 is 2.91 bits per heavy atom. The second kappa shape index (κ2) is 5.84. The molecule has 0 fully saturated rings. The van der Waals surface area contributed by atoms with E-state index < -0.39 is 0 Å². The molecule has 1 aliphatic carbocycles. The fourth-order valence-electron chi connectivity index (χ4n) is 4.04. The van der Waals surface area contributed by atoms with Gasteiger partial charge in [0.15, 0.2) is 0 Å². The van der Waals surface area contributed by atoms with Gasteiger partial charge >= 0.3 is 0 Å². The number of aromatic nitrogens is 2. The van der Waals surface area contributed by atoms with E-state index in [9.17, 15) is 4.79 Å². The largest absolute Gasteiger partial charge is 0.349 e. The first-order valence-corrected chi connectivity index (χ1v) is 8.60. The number of rotatable bonds is 2. The average Bonchev–Trinajstić information content (AvgIpc) is 3.05. The Morgan fingerprint density at radius 2 is 2.04 bits per heavy atom. The zero-order valence-corrected chi connectivity index (χ0v) is 13.5. The van der Waals surface area contributed by atoms with Crippen LogP contribution in [0.15, 0.2) is 36.8 Å². The van der Waals surface area contributed by atoms with Gasteiger partial charge in [0.2, 0.25) is 5.91 Å². The standard InChI is InChI=1S/C19H23N3O/c1-13-6-7-18(17-5-3-2-4-16(13)17)21-19(23)14-8-9-22-12-20-11-15(22)10-14/h2-5,11-14,18H,6-10H2,1H3,(H,21,23). The maximum Gasteiger partial charge on any atom is 0.224 e. The summed E-state index contributed by atoms with van der Waals surface area (Å²) in [4.78, 5) is 16.9. The van der Waals surface area contributed by atoms with Gasteiger partial charge in [0.25, 0.3) is 0 Å². The van der Waals surface area contributed by atoms with E-state index in [0.717, 1.165) is 32.2 Å². The maximum absolute atomic E-state index is 12.7. The number of benzene rings is 1. The molecule has 0 spiro atoms. The van der Waals surface area contributed by atoms with Gasteiger partial charge in [-0.05, 0) is 36.3 Å². The van der Waals surface area contributed by atoms with E-state index in [2.05, 4.69) is 46.1 Å². The normalized spacial score (nSPS) is 26.2.